The molecular weight excluding hydrogens is 401 g/mol. The maximum Gasteiger partial charge on any atom is 0.254 e. The molecule has 0 aliphatic carbocycles. The lowest BCUT2D eigenvalue weighted by molar-refractivity contribution is 0.0694. The molecule has 0 fully saturated rings. The normalized spacial score (nSPS) is 16.1. The molecule has 27 heavy (non-hydrogen) atoms. The second kappa shape index (κ2) is 7.55. The summed E-state index contributed by atoms with van der Waals surface area (Å²) in [6, 6.07) is 20.5. The van der Waals surface area contributed by atoms with E-state index in [1.807, 2.05) is 41.3 Å². The van der Waals surface area contributed by atoms with Crippen molar-refractivity contribution in [3.63, 3.8) is 0 Å². The molecule has 0 saturated carbocycles. The van der Waals surface area contributed by atoms with Gasteiger partial charge in [-0.15, -0.1) is 0 Å². The van der Waals surface area contributed by atoms with Crippen LogP contribution in [0.3, 0.4) is 0 Å². The molecule has 1 atom stereocenters. The standard InChI is InChI=1S/C22H16Cl3NO/c23-16-11-15(12-17(24)13-16)22(27)26-10-9-14-5-1-2-6-18(14)21(26)19-7-3-4-8-20(19)25/h1-8,11-13,21H,9-10H2/t21-/m1/s1. The van der Waals surface area contributed by atoms with Gasteiger partial charge in [0, 0.05) is 27.2 Å². The van der Waals surface area contributed by atoms with Gasteiger partial charge in [-0.1, -0.05) is 77.3 Å². The van der Waals surface area contributed by atoms with Gasteiger partial charge in [0.15, 0.2) is 0 Å². The number of carbonyl (C=O) groups is 1. The summed E-state index contributed by atoms with van der Waals surface area (Å²) in [4.78, 5) is 15.2. The Kier molecular flexibility index (Phi) is 5.14. The smallest absolute Gasteiger partial charge is 0.254 e. The molecule has 1 heterocycles. The quantitative estimate of drug-likeness (QED) is 0.471. The topological polar surface area (TPSA) is 20.3 Å². The molecule has 0 aromatic heterocycles. The summed E-state index contributed by atoms with van der Waals surface area (Å²) in [5, 5.41) is 1.52. The Bertz CT molecular complexity index is 998. The van der Waals surface area contributed by atoms with Gasteiger partial charge in [-0.2, -0.15) is 0 Å². The summed E-state index contributed by atoms with van der Waals surface area (Å²) >= 11 is 18.7. The zero-order valence-electron chi connectivity index (χ0n) is 14.3. The van der Waals surface area contributed by atoms with Crippen LogP contribution in [0.15, 0.2) is 66.7 Å². The molecule has 3 aromatic carbocycles. The third kappa shape index (κ3) is 3.58. The first-order valence-electron chi connectivity index (χ1n) is 8.64. The minimum Gasteiger partial charge on any atom is -0.327 e. The SMILES string of the molecule is O=C(c1cc(Cl)cc(Cl)c1)N1CCc2ccccc2[C@@H]1c1ccccc1Cl. The van der Waals surface area contributed by atoms with E-state index in [0.717, 1.165) is 17.5 Å². The number of nitrogens with zero attached hydrogens (tertiary/aromatic N) is 1. The van der Waals surface area contributed by atoms with Crippen LogP contribution in [0, 0.1) is 0 Å². The third-order valence-corrected chi connectivity index (χ3v) is 5.63. The van der Waals surface area contributed by atoms with Crippen LogP contribution in [0.2, 0.25) is 15.1 Å². The van der Waals surface area contributed by atoms with Gasteiger partial charge in [-0.25, -0.2) is 0 Å². The van der Waals surface area contributed by atoms with Crippen molar-refractivity contribution in [3.8, 4) is 0 Å². The van der Waals surface area contributed by atoms with Crippen LogP contribution in [0.25, 0.3) is 0 Å². The average Bonchev–Trinajstić information content (AvgIpc) is 2.66. The van der Waals surface area contributed by atoms with Crippen molar-refractivity contribution in [2.75, 3.05) is 6.54 Å². The molecule has 0 bridgehead atoms. The summed E-state index contributed by atoms with van der Waals surface area (Å²) < 4.78 is 0. The van der Waals surface area contributed by atoms with E-state index in [2.05, 4.69) is 12.1 Å². The number of fused-ring (bicyclic) bond motifs is 1. The van der Waals surface area contributed by atoms with Crippen molar-refractivity contribution >= 4 is 40.7 Å². The molecule has 0 radical (unpaired) electrons. The van der Waals surface area contributed by atoms with Crippen molar-refractivity contribution in [2.24, 2.45) is 0 Å². The predicted octanol–water partition coefficient (Wildman–Crippen LogP) is 6.43. The zero-order valence-corrected chi connectivity index (χ0v) is 16.6. The molecular formula is C22H16Cl3NO. The van der Waals surface area contributed by atoms with Crippen LogP contribution in [-0.2, 0) is 6.42 Å². The van der Waals surface area contributed by atoms with Gasteiger partial charge >= 0.3 is 0 Å². The first-order chi connectivity index (χ1) is 13.0. The first kappa shape index (κ1) is 18.4. The van der Waals surface area contributed by atoms with E-state index in [9.17, 15) is 4.79 Å². The number of carbonyl (C=O) groups excluding carboxylic acids is 1. The van der Waals surface area contributed by atoms with E-state index in [0.29, 0.717) is 27.2 Å². The molecule has 0 N–H and O–H groups in total. The molecule has 1 amide bonds. The number of benzene rings is 3. The predicted molar refractivity (Wildman–Crippen MR) is 111 cm³/mol. The second-order valence-corrected chi connectivity index (χ2v) is 7.81. The molecule has 2 nitrogen and oxygen atoms in total. The summed E-state index contributed by atoms with van der Waals surface area (Å²) in [6.45, 7) is 0.593. The van der Waals surface area contributed by atoms with E-state index in [4.69, 9.17) is 34.8 Å². The molecule has 0 spiro atoms. The van der Waals surface area contributed by atoms with Gasteiger partial charge in [0.2, 0.25) is 0 Å². The highest BCUT2D eigenvalue weighted by molar-refractivity contribution is 6.35. The maximum absolute atomic E-state index is 13.4. The molecule has 1 aliphatic rings. The number of rotatable bonds is 2. The van der Waals surface area contributed by atoms with Gasteiger partial charge in [0.05, 0.1) is 6.04 Å². The summed E-state index contributed by atoms with van der Waals surface area (Å²) in [5.74, 6) is -0.112. The minimum absolute atomic E-state index is 0.112. The van der Waals surface area contributed by atoms with E-state index in [1.165, 1.54) is 5.56 Å². The molecule has 136 valence electrons. The van der Waals surface area contributed by atoms with Crippen molar-refractivity contribution < 1.29 is 4.79 Å². The molecule has 0 saturated heterocycles. The van der Waals surface area contributed by atoms with Gasteiger partial charge in [-0.3, -0.25) is 4.79 Å². The fourth-order valence-electron chi connectivity index (χ4n) is 3.66. The Morgan fingerprint density at radius 1 is 0.852 bits per heavy atom. The highest BCUT2D eigenvalue weighted by Gasteiger charge is 2.33. The lowest BCUT2D eigenvalue weighted by Gasteiger charge is -2.38. The van der Waals surface area contributed by atoms with Gasteiger partial charge < -0.3 is 4.90 Å². The molecule has 4 rings (SSSR count). The lowest BCUT2D eigenvalue weighted by atomic mass is 9.87. The van der Waals surface area contributed by atoms with Gasteiger partial charge in [-0.05, 0) is 47.4 Å². The van der Waals surface area contributed by atoms with Gasteiger partial charge in [0.1, 0.15) is 0 Å². The third-order valence-electron chi connectivity index (χ3n) is 4.85. The molecule has 3 aromatic rings. The second-order valence-electron chi connectivity index (χ2n) is 6.53. The average molecular weight is 417 g/mol. The Morgan fingerprint density at radius 3 is 2.19 bits per heavy atom. The zero-order chi connectivity index (χ0) is 19.0. The lowest BCUT2D eigenvalue weighted by Crippen LogP contribution is -2.40. The minimum atomic E-state index is -0.256. The van der Waals surface area contributed by atoms with Crippen molar-refractivity contribution in [1.82, 2.24) is 4.90 Å². The largest absolute Gasteiger partial charge is 0.327 e. The number of halogens is 3. The van der Waals surface area contributed by atoms with Crippen LogP contribution < -0.4 is 0 Å². The summed E-state index contributed by atoms with van der Waals surface area (Å²) in [5.41, 5.74) is 3.71. The Hall–Kier alpha value is -2.00. The molecule has 0 unspecified atom stereocenters. The Morgan fingerprint density at radius 2 is 1.48 bits per heavy atom. The van der Waals surface area contributed by atoms with E-state index >= 15 is 0 Å². The van der Waals surface area contributed by atoms with Crippen LogP contribution in [0.4, 0.5) is 0 Å². The number of amides is 1. The van der Waals surface area contributed by atoms with Gasteiger partial charge in [0.25, 0.3) is 5.91 Å². The van der Waals surface area contributed by atoms with Crippen LogP contribution in [-0.4, -0.2) is 17.4 Å². The fraction of sp³-hybridized carbons (Fsp3) is 0.136. The molecule has 1 aliphatic heterocycles. The maximum atomic E-state index is 13.4. The van der Waals surface area contributed by atoms with Crippen molar-refractivity contribution in [2.45, 2.75) is 12.5 Å². The van der Waals surface area contributed by atoms with Crippen molar-refractivity contribution in [3.05, 3.63) is 104 Å². The van der Waals surface area contributed by atoms with Crippen LogP contribution in [0.1, 0.15) is 33.1 Å². The van der Waals surface area contributed by atoms with E-state index < -0.39 is 0 Å². The van der Waals surface area contributed by atoms with Crippen molar-refractivity contribution in [1.29, 1.82) is 0 Å². The Labute approximate surface area is 173 Å². The highest BCUT2D eigenvalue weighted by Crippen LogP contribution is 2.39. The van der Waals surface area contributed by atoms with E-state index in [1.54, 1.807) is 18.2 Å². The number of hydrogen-bond donors (Lipinski definition) is 0. The number of hydrogen-bond acceptors (Lipinski definition) is 1. The van der Waals surface area contributed by atoms with Crippen LogP contribution >= 0.6 is 34.8 Å². The van der Waals surface area contributed by atoms with E-state index in [-0.39, 0.29) is 11.9 Å². The fourth-order valence-corrected chi connectivity index (χ4v) is 4.43. The summed E-state index contributed by atoms with van der Waals surface area (Å²) in [7, 11) is 0. The Balaban J connectivity index is 1.84. The highest BCUT2D eigenvalue weighted by atomic mass is 35.5. The summed E-state index contributed by atoms with van der Waals surface area (Å²) in [6.07, 6.45) is 0.789. The first-order valence-corrected chi connectivity index (χ1v) is 9.77. The monoisotopic (exact) mass is 415 g/mol. The molecule has 5 heteroatoms. The van der Waals surface area contributed by atoms with Crippen LogP contribution in [0.5, 0.6) is 0 Å².